The number of aromatic nitrogens is 1. The third kappa shape index (κ3) is 2.60. The molecule has 0 unspecified atom stereocenters. The van der Waals surface area contributed by atoms with Gasteiger partial charge < -0.3 is 10.6 Å². The van der Waals surface area contributed by atoms with Crippen LogP contribution < -0.4 is 10.6 Å². The van der Waals surface area contributed by atoms with Crippen molar-refractivity contribution in [3.8, 4) is 0 Å². The van der Waals surface area contributed by atoms with Gasteiger partial charge in [-0.3, -0.25) is 4.79 Å². The molecule has 1 aliphatic carbocycles. The first kappa shape index (κ1) is 13.9. The number of halogens is 4. The fourth-order valence-corrected chi connectivity index (χ4v) is 1.81. The average molecular weight is 294 g/mol. The molecule has 1 heterocycles. The Labute approximate surface area is 112 Å². The van der Waals surface area contributed by atoms with E-state index in [1.807, 2.05) is 5.32 Å². The number of carbonyl (C=O) groups is 1. The summed E-state index contributed by atoms with van der Waals surface area (Å²) in [6, 6.07) is 2.93. The van der Waals surface area contributed by atoms with Crippen LogP contribution in [0.5, 0.6) is 0 Å². The van der Waals surface area contributed by atoms with E-state index >= 15 is 0 Å². The Balaban J connectivity index is 2.22. The van der Waals surface area contributed by atoms with Crippen LogP contribution in [0.1, 0.15) is 23.3 Å². The van der Waals surface area contributed by atoms with E-state index in [0.29, 0.717) is 5.82 Å². The minimum absolute atomic E-state index is 0.00877. The van der Waals surface area contributed by atoms with Gasteiger partial charge in [0, 0.05) is 7.05 Å². The van der Waals surface area contributed by atoms with Crippen molar-refractivity contribution < 1.29 is 18.0 Å². The second-order valence-electron chi connectivity index (χ2n) is 4.31. The number of rotatable bonds is 3. The van der Waals surface area contributed by atoms with E-state index in [1.54, 1.807) is 7.05 Å². The molecule has 1 aliphatic rings. The Morgan fingerprint density at radius 1 is 1.42 bits per heavy atom. The fourth-order valence-electron chi connectivity index (χ4n) is 1.62. The van der Waals surface area contributed by atoms with Gasteiger partial charge in [-0.05, 0) is 25.0 Å². The second kappa shape index (κ2) is 4.56. The maximum absolute atomic E-state index is 12.7. The molecule has 0 bridgehead atoms. The monoisotopic (exact) mass is 293 g/mol. The van der Waals surface area contributed by atoms with Crippen molar-refractivity contribution in [3.63, 3.8) is 0 Å². The molecule has 1 aromatic heterocycles. The number of alkyl halides is 3. The lowest BCUT2D eigenvalue weighted by Crippen LogP contribution is -2.48. The molecule has 8 heteroatoms. The second-order valence-corrected chi connectivity index (χ2v) is 4.72. The molecule has 0 atom stereocenters. The molecular weight excluding hydrogens is 283 g/mol. The number of anilines is 1. The van der Waals surface area contributed by atoms with Crippen LogP contribution in [0.2, 0.25) is 5.02 Å². The number of hydrogen-bond donors (Lipinski definition) is 2. The zero-order valence-electron chi connectivity index (χ0n) is 9.94. The Morgan fingerprint density at radius 3 is 2.53 bits per heavy atom. The summed E-state index contributed by atoms with van der Waals surface area (Å²) in [7, 11) is 1.58. The first-order valence-electron chi connectivity index (χ1n) is 5.53. The van der Waals surface area contributed by atoms with Crippen LogP contribution >= 0.6 is 11.6 Å². The zero-order valence-corrected chi connectivity index (χ0v) is 10.7. The number of carbonyl (C=O) groups excluding carboxylic acids is 1. The van der Waals surface area contributed by atoms with Gasteiger partial charge >= 0.3 is 6.18 Å². The van der Waals surface area contributed by atoms with Crippen molar-refractivity contribution in [2.24, 2.45) is 0 Å². The number of nitrogens with one attached hydrogen (secondary N) is 2. The molecule has 0 radical (unpaired) electrons. The Morgan fingerprint density at radius 2 is 2.05 bits per heavy atom. The van der Waals surface area contributed by atoms with Crippen LogP contribution in [0.3, 0.4) is 0 Å². The van der Waals surface area contributed by atoms with Gasteiger partial charge in [0.2, 0.25) is 0 Å². The summed E-state index contributed by atoms with van der Waals surface area (Å²) in [6.07, 6.45) is -4.70. The molecule has 2 rings (SSSR count). The zero-order chi connectivity index (χ0) is 14.3. The molecule has 2 N–H and O–H groups in total. The van der Waals surface area contributed by atoms with Crippen LogP contribution in [0.15, 0.2) is 12.1 Å². The van der Waals surface area contributed by atoms with E-state index in [1.165, 1.54) is 12.1 Å². The SMILES string of the molecule is CNc1ccc(Cl)c(C(=O)NC2(C(F)(F)F)CC2)n1. The van der Waals surface area contributed by atoms with Gasteiger partial charge in [-0.2, -0.15) is 13.2 Å². The molecule has 0 spiro atoms. The minimum Gasteiger partial charge on any atom is -0.373 e. The summed E-state index contributed by atoms with van der Waals surface area (Å²) >= 11 is 5.78. The van der Waals surface area contributed by atoms with Crippen molar-refractivity contribution in [2.75, 3.05) is 12.4 Å². The first-order chi connectivity index (χ1) is 8.79. The van der Waals surface area contributed by atoms with Crippen LogP contribution in [0.4, 0.5) is 19.0 Å². The molecule has 0 aliphatic heterocycles. The van der Waals surface area contributed by atoms with Gasteiger partial charge in [-0.1, -0.05) is 11.6 Å². The van der Waals surface area contributed by atoms with E-state index in [-0.39, 0.29) is 23.6 Å². The van der Waals surface area contributed by atoms with Crippen molar-refractivity contribution in [1.29, 1.82) is 0 Å². The van der Waals surface area contributed by atoms with Gasteiger partial charge in [0.15, 0.2) is 0 Å². The lowest BCUT2D eigenvalue weighted by molar-refractivity contribution is -0.163. The largest absolute Gasteiger partial charge is 0.411 e. The lowest BCUT2D eigenvalue weighted by Gasteiger charge is -2.20. The summed E-state index contributed by atoms with van der Waals surface area (Å²) in [5.74, 6) is -0.566. The molecule has 0 aromatic carbocycles. The van der Waals surface area contributed by atoms with Gasteiger partial charge in [0.05, 0.1) is 5.02 Å². The van der Waals surface area contributed by atoms with E-state index < -0.39 is 17.6 Å². The van der Waals surface area contributed by atoms with Crippen molar-refractivity contribution in [3.05, 3.63) is 22.8 Å². The van der Waals surface area contributed by atoms with Gasteiger partial charge in [-0.15, -0.1) is 0 Å². The third-order valence-electron chi connectivity index (χ3n) is 2.96. The summed E-state index contributed by atoms with van der Waals surface area (Å²) < 4.78 is 38.2. The average Bonchev–Trinajstić information content (AvgIpc) is 3.10. The summed E-state index contributed by atoms with van der Waals surface area (Å²) in [4.78, 5) is 15.7. The van der Waals surface area contributed by atoms with Gasteiger partial charge in [0.1, 0.15) is 17.1 Å². The third-order valence-corrected chi connectivity index (χ3v) is 3.27. The highest BCUT2D eigenvalue weighted by molar-refractivity contribution is 6.33. The fraction of sp³-hybridized carbons (Fsp3) is 0.455. The highest BCUT2D eigenvalue weighted by atomic mass is 35.5. The summed E-state index contributed by atoms with van der Waals surface area (Å²) in [6.45, 7) is 0. The van der Waals surface area contributed by atoms with E-state index in [4.69, 9.17) is 11.6 Å². The van der Waals surface area contributed by atoms with E-state index in [9.17, 15) is 18.0 Å². The summed E-state index contributed by atoms with van der Waals surface area (Å²) in [5.41, 5.74) is -2.34. The smallest absolute Gasteiger partial charge is 0.373 e. The Kier molecular flexibility index (Phi) is 3.34. The standard InChI is InChI=1S/C11H11ClF3N3O/c1-16-7-3-2-6(12)8(17-7)9(19)18-10(4-5-10)11(13,14)15/h2-3H,4-5H2,1H3,(H,16,17)(H,18,19). The number of hydrogen-bond acceptors (Lipinski definition) is 3. The first-order valence-corrected chi connectivity index (χ1v) is 5.90. The molecule has 4 nitrogen and oxygen atoms in total. The predicted molar refractivity (Wildman–Crippen MR) is 64.3 cm³/mol. The minimum atomic E-state index is -4.46. The molecule has 1 amide bonds. The number of nitrogens with zero attached hydrogens (tertiary/aromatic N) is 1. The number of amides is 1. The highest BCUT2D eigenvalue weighted by Gasteiger charge is 2.64. The van der Waals surface area contributed by atoms with Gasteiger partial charge in [-0.25, -0.2) is 4.98 Å². The molecule has 1 fully saturated rings. The van der Waals surface area contributed by atoms with Crippen molar-refractivity contribution in [1.82, 2.24) is 10.3 Å². The lowest BCUT2D eigenvalue weighted by atomic mass is 10.2. The van der Waals surface area contributed by atoms with Crippen LogP contribution in [-0.2, 0) is 0 Å². The van der Waals surface area contributed by atoms with Crippen molar-refractivity contribution in [2.45, 2.75) is 24.6 Å². The molecule has 104 valence electrons. The van der Waals surface area contributed by atoms with Gasteiger partial charge in [0.25, 0.3) is 5.91 Å². The Bertz CT molecular complexity index is 514. The van der Waals surface area contributed by atoms with Crippen LogP contribution in [0.25, 0.3) is 0 Å². The Hall–Kier alpha value is -1.50. The maximum Gasteiger partial charge on any atom is 0.411 e. The normalized spacial score (nSPS) is 16.9. The number of pyridine rings is 1. The highest BCUT2D eigenvalue weighted by Crippen LogP contribution is 2.49. The maximum atomic E-state index is 12.7. The molecule has 0 saturated heterocycles. The molecule has 1 saturated carbocycles. The topological polar surface area (TPSA) is 54.0 Å². The van der Waals surface area contributed by atoms with Crippen LogP contribution in [0, 0.1) is 0 Å². The molecular formula is C11H11ClF3N3O. The van der Waals surface area contributed by atoms with Crippen molar-refractivity contribution >= 4 is 23.3 Å². The quantitative estimate of drug-likeness (QED) is 0.901. The molecule has 19 heavy (non-hydrogen) atoms. The van der Waals surface area contributed by atoms with E-state index in [0.717, 1.165) is 0 Å². The summed E-state index contributed by atoms with van der Waals surface area (Å²) in [5, 5.41) is 4.67. The van der Waals surface area contributed by atoms with Crippen LogP contribution in [-0.4, -0.2) is 29.7 Å². The molecule has 1 aromatic rings. The predicted octanol–water partition coefficient (Wildman–Crippen LogP) is 2.60. The van der Waals surface area contributed by atoms with E-state index in [2.05, 4.69) is 10.3 Å².